The SMILES string of the molecule is C/C=C\C=C1\C=CCCC1. The van der Waals surface area contributed by atoms with Gasteiger partial charge in [-0.25, -0.2) is 0 Å². The molecule has 0 spiro atoms. The summed E-state index contributed by atoms with van der Waals surface area (Å²) in [5.74, 6) is 0. The first kappa shape index (κ1) is 7.33. The maximum absolute atomic E-state index is 2.25. The van der Waals surface area contributed by atoms with Crippen molar-refractivity contribution < 1.29 is 0 Å². The van der Waals surface area contributed by atoms with Gasteiger partial charge in [-0.05, 0) is 31.8 Å². The van der Waals surface area contributed by atoms with Gasteiger partial charge in [-0.1, -0.05) is 30.4 Å². The zero-order chi connectivity index (χ0) is 7.23. The van der Waals surface area contributed by atoms with Crippen LogP contribution in [0.3, 0.4) is 0 Å². The third-order valence-electron chi connectivity index (χ3n) is 1.67. The molecule has 0 radical (unpaired) electrons. The van der Waals surface area contributed by atoms with Crippen molar-refractivity contribution in [2.24, 2.45) is 0 Å². The predicted molar refractivity (Wildman–Crippen MR) is 45.9 cm³/mol. The maximum Gasteiger partial charge on any atom is -0.0276 e. The van der Waals surface area contributed by atoms with E-state index >= 15 is 0 Å². The van der Waals surface area contributed by atoms with E-state index in [4.69, 9.17) is 0 Å². The molecule has 0 N–H and O–H groups in total. The van der Waals surface area contributed by atoms with E-state index in [0.29, 0.717) is 0 Å². The molecule has 0 aliphatic heterocycles. The molecule has 10 heavy (non-hydrogen) atoms. The topological polar surface area (TPSA) is 0 Å². The molecule has 0 aromatic carbocycles. The highest BCUT2D eigenvalue weighted by atomic mass is 14.0. The Bertz CT molecular complexity index is 170. The lowest BCUT2D eigenvalue weighted by Crippen LogP contribution is -1.84. The fraction of sp³-hybridized carbons (Fsp3) is 0.400. The fourth-order valence-electron chi connectivity index (χ4n) is 1.10. The zero-order valence-corrected chi connectivity index (χ0v) is 6.51. The molecule has 0 amide bonds. The van der Waals surface area contributed by atoms with E-state index in [1.807, 2.05) is 6.92 Å². The first-order chi connectivity index (χ1) is 4.93. The van der Waals surface area contributed by atoms with Crippen LogP contribution in [0.4, 0.5) is 0 Å². The Balaban J connectivity index is 2.53. The Morgan fingerprint density at radius 2 is 2.40 bits per heavy atom. The van der Waals surface area contributed by atoms with E-state index in [0.717, 1.165) is 0 Å². The lowest BCUT2D eigenvalue weighted by atomic mass is 10.0. The van der Waals surface area contributed by atoms with Gasteiger partial charge in [-0.3, -0.25) is 0 Å². The highest BCUT2D eigenvalue weighted by Crippen LogP contribution is 2.15. The summed E-state index contributed by atoms with van der Waals surface area (Å²) >= 11 is 0. The summed E-state index contributed by atoms with van der Waals surface area (Å²) in [4.78, 5) is 0. The molecule has 0 atom stereocenters. The molecule has 0 heterocycles. The van der Waals surface area contributed by atoms with E-state index in [9.17, 15) is 0 Å². The van der Waals surface area contributed by atoms with Crippen molar-refractivity contribution in [3.05, 3.63) is 36.0 Å². The van der Waals surface area contributed by atoms with Gasteiger partial charge < -0.3 is 0 Å². The van der Waals surface area contributed by atoms with E-state index in [2.05, 4.69) is 30.4 Å². The monoisotopic (exact) mass is 134 g/mol. The van der Waals surface area contributed by atoms with Crippen LogP contribution >= 0.6 is 0 Å². The summed E-state index contributed by atoms with van der Waals surface area (Å²) in [6, 6.07) is 0. The summed E-state index contributed by atoms with van der Waals surface area (Å²) < 4.78 is 0. The van der Waals surface area contributed by atoms with E-state index in [1.165, 1.54) is 24.8 Å². The normalized spacial score (nSPS) is 22.7. The highest BCUT2D eigenvalue weighted by Gasteiger charge is 1.95. The Hall–Kier alpha value is -0.780. The zero-order valence-electron chi connectivity index (χ0n) is 6.51. The number of allylic oxidation sites excluding steroid dienone is 6. The molecule has 0 fully saturated rings. The van der Waals surface area contributed by atoms with Gasteiger partial charge in [0.05, 0.1) is 0 Å². The Kier molecular flexibility index (Phi) is 3.01. The number of rotatable bonds is 1. The molecular weight excluding hydrogens is 120 g/mol. The molecule has 1 rings (SSSR count). The van der Waals surface area contributed by atoms with E-state index < -0.39 is 0 Å². The molecule has 0 unspecified atom stereocenters. The minimum absolute atomic E-state index is 1.25. The van der Waals surface area contributed by atoms with Crippen LogP contribution < -0.4 is 0 Å². The smallest absolute Gasteiger partial charge is 0.0276 e. The standard InChI is InChI=1S/C10H14/c1-2-3-7-10-8-5-4-6-9-10/h2-3,5,7-8H,4,6,9H2,1H3/b3-2-,10-7-. The molecular formula is C10H14. The van der Waals surface area contributed by atoms with Crippen LogP contribution in [0.1, 0.15) is 26.2 Å². The number of hydrogen-bond acceptors (Lipinski definition) is 0. The summed E-state index contributed by atoms with van der Waals surface area (Å²) in [6.07, 6.45) is 14.7. The van der Waals surface area contributed by atoms with Crippen molar-refractivity contribution in [1.29, 1.82) is 0 Å². The second-order valence-corrected chi connectivity index (χ2v) is 2.56. The maximum atomic E-state index is 2.25. The van der Waals surface area contributed by atoms with Crippen LogP contribution in [-0.2, 0) is 0 Å². The van der Waals surface area contributed by atoms with Crippen LogP contribution in [0, 0.1) is 0 Å². The molecule has 0 saturated heterocycles. The van der Waals surface area contributed by atoms with Crippen LogP contribution in [0.5, 0.6) is 0 Å². The van der Waals surface area contributed by atoms with Gasteiger partial charge in [0, 0.05) is 0 Å². The van der Waals surface area contributed by atoms with Gasteiger partial charge in [0.25, 0.3) is 0 Å². The molecule has 0 nitrogen and oxygen atoms in total. The third kappa shape index (κ3) is 2.22. The predicted octanol–water partition coefficient (Wildman–Crippen LogP) is 3.23. The molecule has 54 valence electrons. The summed E-state index contributed by atoms with van der Waals surface area (Å²) in [5.41, 5.74) is 1.46. The van der Waals surface area contributed by atoms with Gasteiger partial charge in [0.1, 0.15) is 0 Å². The first-order valence-corrected chi connectivity index (χ1v) is 3.92. The second-order valence-electron chi connectivity index (χ2n) is 2.56. The fourth-order valence-corrected chi connectivity index (χ4v) is 1.10. The van der Waals surface area contributed by atoms with Gasteiger partial charge in [-0.15, -0.1) is 0 Å². The average Bonchev–Trinajstić information content (AvgIpc) is 2.03. The van der Waals surface area contributed by atoms with E-state index in [1.54, 1.807) is 0 Å². The van der Waals surface area contributed by atoms with Gasteiger partial charge >= 0.3 is 0 Å². The minimum Gasteiger partial charge on any atom is -0.0877 e. The molecule has 0 bridgehead atoms. The molecule has 0 heteroatoms. The largest absolute Gasteiger partial charge is 0.0877 e. The third-order valence-corrected chi connectivity index (χ3v) is 1.67. The molecule has 0 saturated carbocycles. The highest BCUT2D eigenvalue weighted by molar-refractivity contribution is 5.25. The Morgan fingerprint density at radius 3 is 3.00 bits per heavy atom. The number of hydrogen-bond donors (Lipinski definition) is 0. The van der Waals surface area contributed by atoms with Crippen molar-refractivity contribution >= 4 is 0 Å². The van der Waals surface area contributed by atoms with Crippen LogP contribution in [0.15, 0.2) is 36.0 Å². The quantitative estimate of drug-likeness (QED) is 0.516. The molecule has 1 aliphatic rings. The van der Waals surface area contributed by atoms with Crippen molar-refractivity contribution in [1.82, 2.24) is 0 Å². The van der Waals surface area contributed by atoms with Gasteiger partial charge in [0.15, 0.2) is 0 Å². The summed E-state index contributed by atoms with van der Waals surface area (Å²) in [5, 5.41) is 0. The average molecular weight is 134 g/mol. The summed E-state index contributed by atoms with van der Waals surface area (Å²) in [6.45, 7) is 2.05. The first-order valence-electron chi connectivity index (χ1n) is 3.92. The van der Waals surface area contributed by atoms with Crippen LogP contribution in [-0.4, -0.2) is 0 Å². The van der Waals surface area contributed by atoms with Crippen molar-refractivity contribution in [3.63, 3.8) is 0 Å². The lowest BCUT2D eigenvalue weighted by Gasteiger charge is -2.04. The van der Waals surface area contributed by atoms with Crippen molar-refractivity contribution in [2.75, 3.05) is 0 Å². The second kappa shape index (κ2) is 4.10. The molecule has 0 aromatic heterocycles. The van der Waals surface area contributed by atoms with Crippen LogP contribution in [0.25, 0.3) is 0 Å². The van der Waals surface area contributed by atoms with Gasteiger partial charge in [-0.2, -0.15) is 0 Å². The summed E-state index contributed by atoms with van der Waals surface area (Å²) in [7, 11) is 0. The Morgan fingerprint density at radius 1 is 1.50 bits per heavy atom. The molecule has 0 aromatic rings. The minimum atomic E-state index is 1.25. The van der Waals surface area contributed by atoms with Gasteiger partial charge in [0.2, 0.25) is 0 Å². The van der Waals surface area contributed by atoms with Crippen molar-refractivity contribution in [3.8, 4) is 0 Å². The van der Waals surface area contributed by atoms with E-state index in [-0.39, 0.29) is 0 Å². The Labute approximate surface area is 62.9 Å². The lowest BCUT2D eigenvalue weighted by molar-refractivity contribution is 0.821. The van der Waals surface area contributed by atoms with Crippen LogP contribution in [0.2, 0.25) is 0 Å². The molecule has 1 aliphatic carbocycles. The van der Waals surface area contributed by atoms with Crippen molar-refractivity contribution in [2.45, 2.75) is 26.2 Å².